The lowest BCUT2D eigenvalue weighted by molar-refractivity contribution is -0.0130. The molecule has 3 rings (SSSR count). The first-order valence-corrected chi connectivity index (χ1v) is 8.22. The van der Waals surface area contributed by atoms with E-state index in [0.717, 1.165) is 51.2 Å². The summed E-state index contributed by atoms with van der Waals surface area (Å²) in [5.74, 6) is -1.83. The third kappa shape index (κ3) is 4.06. The molecule has 0 N–H and O–H groups in total. The van der Waals surface area contributed by atoms with Crippen molar-refractivity contribution in [3.63, 3.8) is 0 Å². The van der Waals surface area contributed by atoms with E-state index in [1.54, 1.807) is 4.90 Å². The Morgan fingerprint density at radius 3 is 2.61 bits per heavy atom. The maximum absolute atomic E-state index is 13.7. The van der Waals surface area contributed by atoms with Crippen LogP contribution in [0.5, 0.6) is 0 Å². The van der Waals surface area contributed by atoms with Crippen LogP contribution in [0.15, 0.2) is 18.2 Å². The van der Waals surface area contributed by atoms with E-state index in [-0.39, 0.29) is 11.5 Å². The number of nitrogens with zero attached hydrogens (tertiary/aromatic N) is 2. The van der Waals surface area contributed by atoms with Crippen molar-refractivity contribution in [3.05, 3.63) is 35.4 Å². The van der Waals surface area contributed by atoms with Gasteiger partial charge < -0.3 is 9.64 Å². The van der Waals surface area contributed by atoms with Crippen molar-refractivity contribution in [2.75, 3.05) is 39.3 Å². The summed E-state index contributed by atoms with van der Waals surface area (Å²) < 4.78 is 32.4. The third-order valence-electron chi connectivity index (χ3n) is 4.56. The lowest BCUT2D eigenvalue weighted by Gasteiger charge is -2.37. The zero-order valence-corrected chi connectivity index (χ0v) is 13.1. The Bertz CT molecular complexity index is 554. The monoisotopic (exact) mass is 324 g/mol. The van der Waals surface area contributed by atoms with Gasteiger partial charge in [0.1, 0.15) is 11.6 Å². The zero-order valence-electron chi connectivity index (χ0n) is 13.1. The van der Waals surface area contributed by atoms with E-state index < -0.39 is 11.6 Å². The number of hydrogen-bond acceptors (Lipinski definition) is 3. The summed E-state index contributed by atoms with van der Waals surface area (Å²) >= 11 is 0. The van der Waals surface area contributed by atoms with Crippen molar-refractivity contribution in [2.24, 2.45) is 0 Å². The summed E-state index contributed by atoms with van der Waals surface area (Å²) in [7, 11) is 0. The molecule has 1 amide bonds. The van der Waals surface area contributed by atoms with E-state index in [2.05, 4.69) is 4.90 Å². The third-order valence-corrected chi connectivity index (χ3v) is 4.56. The molecule has 0 aromatic heterocycles. The topological polar surface area (TPSA) is 32.8 Å². The van der Waals surface area contributed by atoms with Crippen LogP contribution in [0.2, 0.25) is 0 Å². The largest absolute Gasteiger partial charge is 0.377 e. The van der Waals surface area contributed by atoms with Gasteiger partial charge in [-0.3, -0.25) is 9.69 Å². The van der Waals surface area contributed by atoms with E-state index in [9.17, 15) is 13.6 Å². The van der Waals surface area contributed by atoms with Crippen molar-refractivity contribution in [2.45, 2.75) is 25.4 Å². The lowest BCUT2D eigenvalue weighted by atomic mass is 10.1. The van der Waals surface area contributed by atoms with Gasteiger partial charge in [0.05, 0.1) is 11.7 Å². The second kappa shape index (κ2) is 7.36. The van der Waals surface area contributed by atoms with Crippen molar-refractivity contribution in [1.82, 2.24) is 9.80 Å². The highest BCUT2D eigenvalue weighted by atomic mass is 19.1. The minimum atomic E-state index is -0.798. The summed E-state index contributed by atoms with van der Waals surface area (Å²) in [6.07, 6.45) is 3.75. The molecule has 1 atom stereocenters. The molecule has 1 aromatic rings. The van der Waals surface area contributed by atoms with E-state index in [1.807, 2.05) is 0 Å². The predicted octanol–water partition coefficient (Wildman–Crippen LogP) is 2.29. The van der Waals surface area contributed by atoms with Crippen LogP contribution in [-0.2, 0) is 4.74 Å². The molecule has 2 aliphatic rings. The molecule has 1 aromatic carbocycles. The summed E-state index contributed by atoms with van der Waals surface area (Å²) in [4.78, 5) is 16.3. The number of halogens is 2. The second-order valence-electron chi connectivity index (χ2n) is 6.21. The number of rotatable bonds is 3. The minimum Gasteiger partial charge on any atom is -0.377 e. The number of amides is 1. The number of piperazine rings is 1. The highest BCUT2D eigenvalue weighted by Crippen LogP contribution is 2.17. The predicted molar refractivity (Wildman–Crippen MR) is 82.3 cm³/mol. The summed E-state index contributed by atoms with van der Waals surface area (Å²) in [6.45, 7) is 4.37. The number of carbonyl (C=O) groups excluding carboxylic acids is 1. The molecule has 0 saturated carbocycles. The molecule has 0 unspecified atom stereocenters. The van der Waals surface area contributed by atoms with E-state index in [4.69, 9.17) is 4.74 Å². The van der Waals surface area contributed by atoms with Crippen LogP contribution < -0.4 is 0 Å². The number of benzene rings is 1. The second-order valence-corrected chi connectivity index (χ2v) is 6.21. The van der Waals surface area contributed by atoms with Crippen molar-refractivity contribution >= 4 is 5.91 Å². The van der Waals surface area contributed by atoms with Crippen LogP contribution in [-0.4, -0.2) is 61.1 Å². The van der Waals surface area contributed by atoms with Crippen molar-refractivity contribution < 1.29 is 18.3 Å². The Kier molecular flexibility index (Phi) is 5.23. The van der Waals surface area contributed by atoms with Gasteiger partial charge in [-0.2, -0.15) is 0 Å². The van der Waals surface area contributed by atoms with Gasteiger partial charge in [-0.1, -0.05) is 0 Å². The maximum Gasteiger partial charge on any atom is 0.256 e. The Balaban J connectivity index is 1.52. The molecule has 23 heavy (non-hydrogen) atoms. The smallest absolute Gasteiger partial charge is 0.256 e. The van der Waals surface area contributed by atoms with Gasteiger partial charge >= 0.3 is 0 Å². The molecule has 2 heterocycles. The fourth-order valence-electron chi connectivity index (χ4n) is 3.21. The Labute approximate surface area is 135 Å². The molecule has 0 bridgehead atoms. The number of ether oxygens (including phenoxy) is 1. The Morgan fingerprint density at radius 2 is 1.96 bits per heavy atom. The van der Waals surface area contributed by atoms with Gasteiger partial charge in [-0.25, -0.2) is 8.78 Å². The van der Waals surface area contributed by atoms with Gasteiger partial charge in [-0.15, -0.1) is 0 Å². The molecule has 2 aliphatic heterocycles. The Morgan fingerprint density at radius 1 is 1.17 bits per heavy atom. The van der Waals surface area contributed by atoms with E-state index in [0.29, 0.717) is 19.2 Å². The molecule has 6 heteroatoms. The summed E-state index contributed by atoms with van der Waals surface area (Å²) in [6, 6.07) is 3.09. The first-order valence-electron chi connectivity index (χ1n) is 8.22. The zero-order chi connectivity index (χ0) is 16.2. The van der Waals surface area contributed by atoms with Gasteiger partial charge in [0.2, 0.25) is 0 Å². The van der Waals surface area contributed by atoms with Gasteiger partial charge in [0.25, 0.3) is 5.91 Å². The molecular formula is C17H22F2N2O2. The fraction of sp³-hybridized carbons (Fsp3) is 0.588. The van der Waals surface area contributed by atoms with E-state index in [1.165, 1.54) is 12.5 Å². The molecule has 0 aliphatic carbocycles. The van der Waals surface area contributed by atoms with Crippen molar-refractivity contribution in [3.8, 4) is 0 Å². The number of hydrogen-bond donors (Lipinski definition) is 0. The van der Waals surface area contributed by atoms with Gasteiger partial charge in [-0.05, 0) is 31.4 Å². The average Bonchev–Trinajstić information content (AvgIpc) is 2.56. The molecular weight excluding hydrogens is 302 g/mol. The highest BCUT2D eigenvalue weighted by Gasteiger charge is 2.26. The highest BCUT2D eigenvalue weighted by molar-refractivity contribution is 5.94. The summed E-state index contributed by atoms with van der Waals surface area (Å²) in [5, 5.41) is 0. The summed E-state index contributed by atoms with van der Waals surface area (Å²) in [5.41, 5.74) is -0.0598. The molecule has 0 radical (unpaired) electrons. The fourth-order valence-corrected chi connectivity index (χ4v) is 3.21. The van der Waals surface area contributed by atoms with Crippen molar-refractivity contribution in [1.29, 1.82) is 0 Å². The lowest BCUT2D eigenvalue weighted by Crippen LogP contribution is -2.51. The van der Waals surface area contributed by atoms with E-state index >= 15 is 0 Å². The Hall–Kier alpha value is -1.53. The van der Waals surface area contributed by atoms with Gasteiger partial charge in [0, 0.05) is 45.4 Å². The molecule has 2 fully saturated rings. The molecule has 0 spiro atoms. The maximum atomic E-state index is 13.7. The van der Waals surface area contributed by atoms with Crippen LogP contribution in [0.4, 0.5) is 8.78 Å². The van der Waals surface area contributed by atoms with Crippen LogP contribution in [0.3, 0.4) is 0 Å². The van der Waals surface area contributed by atoms with Crippen LogP contribution in [0.1, 0.15) is 29.6 Å². The standard InChI is InChI=1S/C17H22F2N2O2/c18-13-4-5-15(16(19)11-13)17(22)21-8-6-20(7-9-21)12-14-3-1-2-10-23-14/h4-5,11,14H,1-3,6-10,12H2/t14-/m1/s1. The molecule has 126 valence electrons. The SMILES string of the molecule is O=C(c1ccc(F)cc1F)N1CCN(C[C@H]2CCCCO2)CC1. The first kappa shape index (κ1) is 16.3. The van der Waals surface area contributed by atoms with Crippen LogP contribution in [0.25, 0.3) is 0 Å². The number of carbonyl (C=O) groups is 1. The quantitative estimate of drug-likeness (QED) is 0.855. The normalized spacial score (nSPS) is 23.0. The van der Waals surface area contributed by atoms with Gasteiger partial charge in [0.15, 0.2) is 0 Å². The molecule has 2 saturated heterocycles. The first-order chi connectivity index (χ1) is 11.1. The van der Waals surface area contributed by atoms with Crippen LogP contribution >= 0.6 is 0 Å². The average molecular weight is 324 g/mol. The van der Waals surface area contributed by atoms with Crippen LogP contribution in [0, 0.1) is 11.6 Å². The minimum absolute atomic E-state index is 0.0598. The molecule has 4 nitrogen and oxygen atoms in total.